The van der Waals surface area contributed by atoms with Crippen molar-refractivity contribution in [1.29, 1.82) is 0 Å². The van der Waals surface area contributed by atoms with Crippen molar-refractivity contribution in [2.24, 2.45) is 0 Å². The Morgan fingerprint density at radius 3 is 2.16 bits per heavy atom. The third-order valence-electron chi connectivity index (χ3n) is 2.67. The highest BCUT2D eigenvalue weighted by atomic mass is 35.7. The Kier molecular flexibility index (Phi) is 5.77. The van der Waals surface area contributed by atoms with Gasteiger partial charge in [-0.05, 0) is 37.5 Å². The second-order valence-electron chi connectivity index (χ2n) is 4.15. The molecule has 0 spiro atoms. The van der Waals surface area contributed by atoms with Gasteiger partial charge in [0.05, 0.1) is 20.6 Å². The van der Waals surface area contributed by atoms with E-state index in [9.17, 15) is 4.39 Å². The van der Waals surface area contributed by atoms with Crippen LogP contribution >= 0.6 is 0 Å². The summed E-state index contributed by atoms with van der Waals surface area (Å²) in [6.45, 7) is 1.92. The minimum Gasteiger partial charge on any atom is -0.399 e. The molecule has 1 aliphatic rings. The standard InChI is InChI=1S/C11H15FN2.ClHO4/c12-10-8-9(13)4-5-11(10)14-6-2-1-3-7-14;2-1(3,4)5/h4-5,8H,1-3,6-7,13H2;(H,2,3,4,5). The van der Waals surface area contributed by atoms with E-state index in [4.69, 9.17) is 24.4 Å². The molecule has 0 bridgehead atoms. The molecular weight excluding hydrogens is 279 g/mol. The van der Waals surface area contributed by atoms with E-state index in [2.05, 4.69) is 4.90 Å². The highest BCUT2D eigenvalue weighted by Crippen LogP contribution is 2.24. The smallest absolute Gasteiger partial charge is 0.148 e. The van der Waals surface area contributed by atoms with Gasteiger partial charge in [0, 0.05) is 18.8 Å². The molecule has 19 heavy (non-hydrogen) atoms. The number of benzene rings is 1. The number of hydrogen-bond acceptors (Lipinski definition) is 6. The van der Waals surface area contributed by atoms with Gasteiger partial charge in [-0.25, -0.2) is 4.39 Å². The number of piperidine rings is 1. The number of halogens is 2. The molecule has 6 nitrogen and oxygen atoms in total. The quantitative estimate of drug-likeness (QED) is 0.594. The molecule has 1 saturated heterocycles. The molecule has 0 aliphatic carbocycles. The molecule has 1 aromatic carbocycles. The summed E-state index contributed by atoms with van der Waals surface area (Å²) in [6, 6.07) is 4.92. The summed E-state index contributed by atoms with van der Waals surface area (Å²) in [5, 5.41) is 0. The fourth-order valence-corrected chi connectivity index (χ4v) is 1.91. The van der Waals surface area contributed by atoms with E-state index < -0.39 is 10.2 Å². The van der Waals surface area contributed by atoms with Crippen LogP contribution in [0.5, 0.6) is 0 Å². The van der Waals surface area contributed by atoms with Gasteiger partial charge in [0.2, 0.25) is 0 Å². The van der Waals surface area contributed by atoms with Gasteiger partial charge in [-0.15, -0.1) is 0 Å². The SMILES string of the molecule is Nc1ccc(N2CCCCC2)c(F)c1.[O-][Cl+3]([O-])([O-])O. The van der Waals surface area contributed by atoms with Gasteiger partial charge in [-0.3, -0.25) is 0 Å². The molecule has 0 atom stereocenters. The Hall–Kier alpha value is -1.12. The average Bonchev–Trinajstić information content (AvgIpc) is 2.28. The van der Waals surface area contributed by atoms with Crippen molar-refractivity contribution in [2.75, 3.05) is 23.7 Å². The van der Waals surface area contributed by atoms with E-state index in [1.807, 2.05) is 0 Å². The molecule has 1 heterocycles. The minimum absolute atomic E-state index is 0.202. The van der Waals surface area contributed by atoms with Crippen LogP contribution in [-0.2, 0) is 0 Å². The van der Waals surface area contributed by atoms with E-state index in [-0.39, 0.29) is 5.82 Å². The number of nitrogens with two attached hydrogens (primary N) is 1. The molecule has 108 valence electrons. The van der Waals surface area contributed by atoms with Crippen LogP contribution in [0, 0.1) is 16.1 Å². The number of nitrogen functional groups attached to an aromatic ring is 1. The van der Waals surface area contributed by atoms with Gasteiger partial charge in [-0.2, -0.15) is 14.0 Å². The van der Waals surface area contributed by atoms with Gasteiger partial charge >= 0.3 is 0 Å². The van der Waals surface area contributed by atoms with Crippen LogP contribution < -0.4 is 24.6 Å². The molecule has 0 radical (unpaired) electrons. The van der Waals surface area contributed by atoms with Crippen molar-refractivity contribution in [3.63, 3.8) is 0 Å². The topological polar surface area (TPSA) is 119 Å². The van der Waals surface area contributed by atoms with E-state index in [0.29, 0.717) is 11.4 Å². The number of anilines is 2. The van der Waals surface area contributed by atoms with Gasteiger partial charge in [0.25, 0.3) is 0 Å². The van der Waals surface area contributed by atoms with Crippen LogP contribution in [-0.4, -0.2) is 17.7 Å². The maximum Gasteiger partial charge on any atom is 0.148 e. The third-order valence-corrected chi connectivity index (χ3v) is 2.67. The Morgan fingerprint density at radius 2 is 1.68 bits per heavy atom. The average molecular weight is 295 g/mol. The monoisotopic (exact) mass is 294 g/mol. The number of hydrogen-bond donors (Lipinski definition) is 2. The molecule has 2 rings (SSSR count). The summed E-state index contributed by atoms with van der Waals surface area (Å²) in [4.78, 5) is 2.10. The molecule has 1 aliphatic heterocycles. The predicted octanol–water partition coefficient (Wildman–Crippen LogP) is -1.73. The van der Waals surface area contributed by atoms with Crippen molar-refractivity contribution < 1.29 is 33.3 Å². The number of nitrogens with zero attached hydrogens (tertiary/aromatic N) is 1. The molecule has 0 unspecified atom stereocenters. The Balaban J connectivity index is 0.000000312. The van der Waals surface area contributed by atoms with E-state index in [1.165, 1.54) is 12.5 Å². The van der Waals surface area contributed by atoms with Gasteiger partial charge in [0.15, 0.2) is 0 Å². The van der Waals surface area contributed by atoms with Gasteiger partial charge < -0.3 is 10.6 Å². The Labute approximate surface area is 112 Å². The lowest BCUT2D eigenvalue weighted by Crippen LogP contribution is -2.58. The molecule has 1 fully saturated rings. The fourth-order valence-electron chi connectivity index (χ4n) is 1.91. The molecule has 3 N–H and O–H groups in total. The summed E-state index contributed by atoms with van der Waals surface area (Å²) >= 11 is 0. The number of rotatable bonds is 1. The largest absolute Gasteiger partial charge is 0.399 e. The second-order valence-corrected chi connectivity index (χ2v) is 4.95. The lowest BCUT2D eigenvalue weighted by Gasteiger charge is -2.29. The molecule has 0 aromatic heterocycles. The van der Waals surface area contributed by atoms with E-state index >= 15 is 0 Å². The zero-order chi connectivity index (χ0) is 14.5. The van der Waals surface area contributed by atoms with Crippen LogP contribution in [0.3, 0.4) is 0 Å². The Morgan fingerprint density at radius 1 is 1.16 bits per heavy atom. The van der Waals surface area contributed by atoms with Crippen LogP contribution in [0.4, 0.5) is 15.8 Å². The van der Waals surface area contributed by atoms with E-state index in [0.717, 1.165) is 25.9 Å². The van der Waals surface area contributed by atoms with E-state index in [1.54, 1.807) is 12.1 Å². The third kappa shape index (κ3) is 6.55. The van der Waals surface area contributed by atoms with Crippen molar-refractivity contribution in [2.45, 2.75) is 19.3 Å². The van der Waals surface area contributed by atoms with Gasteiger partial charge in [0.1, 0.15) is 5.82 Å². The lowest BCUT2D eigenvalue weighted by molar-refractivity contribution is -1.92. The van der Waals surface area contributed by atoms with Gasteiger partial charge in [-0.1, -0.05) is 0 Å². The van der Waals surface area contributed by atoms with Crippen molar-refractivity contribution in [3.8, 4) is 0 Å². The summed E-state index contributed by atoms with van der Waals surface area (Å²) in [5.74, 6) is -0.202. The summed E-state index contributed by atoms with van der Waals surface area (Å²) in [5.41, 5.74) is 6.68. The normalized spacial score (nSPS) is 15.7. The lowest BCUT2D eigenvalue weighted by atomic mass is 10.1. The van der Waals surface area contributed by atoms with Crippen LogP contribution in [0.25, 0.3) is 0 Å². The molecule has 1 aromatic rings. The summed E-state index contributed by atoms with van der Waals surface area (Å²) < 4.78 is 46.2. The van der Waals surface area contributed by atoms with Crippen molar-refractivity contribution in [3.05, 3.63) is 24.0 Å². The Bertz CT molecular complexity index is 402. The van der Waals surface area contributed by atoms with Crippen molar-refractivity contribution >= 4 is 11.4 Å². The first-order valence-corrected chi connectivity index (χ1v) is 6.97. The van der Waals surface area contributed by atoms with Crippen LogP contribution in [0.2, 0.25) is 0 Å². The first-order valence-electron chi connectivity index (χ1n) is 5.70. The highest BCUT2D eigenvalue weighted by molar-refractivity contribution is 5.54. The zero-order valence-corrected chi connectivity index (χ0v) is 11.0. The fraction of sp³-hybridized carbons (Fsp3) is 0.455. The first kappa shape index (κ1) is 15.9. The molecular formula is C11H16ClFN2O4. The highest BCUT2D eigenvalue weighted by Gasteiger charge is 2.14. The van der Waals surface area contributed by atoms with Crippen molar-refractivity contribution in [1.82, 2.24) is 0 Å². The maximum atomic E-state index is 13.5. The molecule has 0 amide bonds. The molecule has 8 heteroatoms. The first-order chi connectivity index (χ1) is 8.77. The predicted molar refractivity (Wildman–Crippen MR) is 59.1 cm³/mol. The summed E-state index contributed by atoms with van der Waals surface area (Å²) in [7, 11) is -4.69. The minimum atomic E-state index is -4.69. The second kappa shape index (κ2) is 6.88. The zero-order valence-electron chi connectivity index (χ0n) is 10.2. The molecule has 0 saturated carbocycles. The summed E-state index contributed by atoms with van der Waals surface area (Å²) in [6.07, 6.45) is 3.57. The maximum absolute atomic E-state index is 13.5. The van der Waals surface area contributed by atoms with Crippen LogP contribution in [0.1, 0.15) is 19.3 Å². The van der Waals surface area contributed by atoms with Crippen LogP contribution in [0.15, 0.2) is 18.2 Å².